The number of halogens is 3. The summed E-state index contributed by atoms with van der Waals surface area (Å²) >= 11 is 0. The zero-order valence-electron chi connectivity index (χ0n) is 13.1. The molecule has 1 heterocycles. The zero-order chi connectivity index (χ0) is 18.8. The Bertz CT molecular complexity index is 1010. The Balaban J connectivity index is 1.85. The topological polar surface area (TPSA) is 72.0 Å². The smallest absolute Gasteiger partial charge is 0.280 e. The number of nitrogens with one attached hydrogen (secondary N) is 1. The average molecular weight is 379 g/mol. The molecule has 0 saturated carbocycles. The van der Waals surface area contributed by atoms with E-state index in [4.69, 9.17) is 0 Å². The Morgan fingerprint density at radius 1 is 0.885 bits per heavy atom. The van der Waals surface area contributed by atoms with E-state index >= 15 is 0 Å². The molecular weight excluding hydrogens is 367 g/mol. The summed E-state index contributed by atoms with van der Waals surface area (Å²) in [6.45, 7) is 0. The van der Waals surface area contributed by atoms with E-state index in [1.54, 1.807) is 24.3 Å². The first-order valence-electron chi connectivity index (χ1n) is 7.33. The van der Waals surface area contributed by atoms with Gasteiger partial charge in [-0.05, 0) is 18.2 Å². The molecule has 0 radical (unpaired) electrons. The summed E-state index contributed by atoms with van der Waals surface area (Å²) < 4.78 is 65.0. The number of nitrogens with zero attached hydrogens (tertiary/aromatic N) is 2. The van der Waals surface area contributed by atoms with Crippen LogP contribution in [0, 0.1) is 0 Å². The first kappa shape index (κ1) is 17.9. The lowest BCUT2D eigenvalue weighted by Crippen LogP contribution is -2.14. The summed E-state index contributed by atoms with van der Waals surface area (Å²) in [6.07, 6.45) is -2.36. The Morgan fingerprint density at radius 3 is 2.15 bits per heavy atom. The second-order valence-corrected chi connectivity index (χ2v) is 6.97. The summed E-state index contributed by atoms with van der Waals surface area (Å²) in [4.78, 5) is 7.75. The lowest BCUT2D eigenvalue weighted by Gasteiger charge is -2.11. The van der Waals surface area contributed by atoms with Crippen LogP contribution < -0.4 is 4.72 Å². The predicted molar refractivity (Wildman–Crippen MR) is 89.7 cm³/mol. The second-order valence-electron chi connectivity index (χ2n) is 5.29. The van der Waals surface area contributed by atoms with Crippen LogP contribution in [-0.4, -0.2) is 18.4 Å². The molecule has 0 fully saturated rings. The molecule has 0 spiro atoms. The standard InChI is InChI=1S/C17H12F3N3O2S/c18-17(19,20)13-7-4-8-14(9-13)23-26(24,25)15-10-21-16(22-11-15)12-5-2-1-3-6-12/h1-11,23H. The monoisotopic (exact) mass is 379 g/mol. The Kier molecular flexibility index (Phi) is 4.64. The van der Waals surface area contributed by atoms with E-state index in [1.165, 1.54) is 6.07 Å². The Labute approximate surface area is 147 Å². The summed E-state index contributed by atoms with van der Waals surface area (Å²) in [7, 11) is -4.12. The number of sulfonamides is 1. The van der Waals surface area contributed by atoms with Gasteiger partial charge in [-0.25, -0.2) is 18.4 Å². The maximum Gasteiger partial charge on any atom is 0.416 e. The van der Waals surface area contributed by atoms with Crippen LogP contribution >= 0.6 is 0 Å². The molecule has 0 atom stereocenters. The SMILES string of the molecule is O=S(=O)(Nc1cccc(C(F)(F)F)c1)c1cnc(-c2ccccc2)nc1. The Morgan fingerprint density at radius 2 is 1.54 bits per heavy atom. The highest BCUT2D eigenvalue weighted by Crippen LogP contribution is 2.31. The number of rotatable bonds is 4. The average Bonchev–Trinajstić information content (AvgIpc) is 2.62. The van der Waals surface area contributed by atoms with Gasteiger partial charge in [0.15, 0.2) is 5.82 Å². The Hall–Kier alpha value is -2.94. The maximum atomic E-state index is 12.7. The van der Waals surface area contributed by atoms with Crippen molar-refractivity contribution < 1.29 is 21.6 Å². The maximum absolute atomic E-state index is 12.7. The molecule has 0 amide bonds. The van der Waals surface area contributed by atoms with E-state index in [2.05, 4.69) is 14.7 Å². The number of hydrogen-bond acceptors (Lipinski definition) is 4. The van der Waals surface area contributed by atoms with Gasteiger partial charge in [-0.3, -0.25) is 4.72 Å². The predicted octanol–water partition coefficient (Wildman–Crippen LogP) is 3.96. The van der Waals surface area contributed by atoms with Gasteiger partial charge in [-0.1, -0.05) is 36.4 Å². The van der Waals surface area contributed by atoms with E-state index in [9.17, 15) is 21.6 Å². The van der Waals surface area contributed by atoms with Gasteiger partial charge in [0.25, 0.3) is 10.0 Å². The number of hydrogen-bond donors (Lipinski definition) is 1. The second kappa shape index (κ2) is 6.75. The molecule has 0 bridgehead atoms. The molecule has 0 aliphatic rings. The van der Waals surface area contributed by atoms with Gasteiger partial charge in [0.05, 0.1) is 18.0 Å². The molecule has 0 aliphatic carbocycles. The van der Waals surface area contributed by atoms with Crippen molar-refractivity contribution in [3.05, 3.63) is 72.6 Å². The highest BCUT2D eigenvalue weighted by atomic mass is 32.2. The molecule has 0 aliphatic heterocycles. The summed E-state index contributed by atoms with van der Waals surface area (Å²) in [5.41, 5.74) is -0.442. The fourth-order valence-electron chi connectivity index (χ4n) is 2.16. The van der Waals surface area contributed by atoms with E-state index in [1.807, 2.05) is 6.07 Å². The van der Waals surface area contributed by atoms with Gasteiger partial charge >= 0.3 is 6.18 Å². The van der Waals surface area contributed by atoms with Crippen molar-refractivity contribution in [2.75, 3.05) is 4.72 Å². The lowest BCUT2D eigenvalue weighted by molar-refractivity contribution is -0.137. The zero-order valence-corrected chi connectivity index (χ0v) is 13.9. The normalized spacial score (nSPS) is 12.0. The number of aromatic nitrogens is 2. The third kappa shape index (κ3) is 3.99. The first-order valence-corrected chi connectivity index (χ1v) is 8.81. The lowest BCUT2D eigenvalue weighted by atomic mass is 10.2. The summed E-state index contributed by atoms with van der Waals surface area (Å²) in [5.74, 6) is 0.337. The van der Waals surface area contributed by atoms with Gasteiger partial charge in [0, 0.05) is 11.3 Å². The van der Waals surface area contributed by atoms with Crippen LogP contribution in [0.3, 0.4) is 0 Å². The minimum Gasteiger partial charge on any atom is -0.280 e. The van der Waals surface area contributed by atoms with Crippen molar-refractivity contribution in [1.29, 1.82) is 0 Å². The number of anilines is 1. The molecule has 26 heavy (non-hydrogen) atoms. The van der Waals surface area contributed by atoms with Gasteiger partial charge < -0.3 is 0 Å². The molecule has 5 nitrogen and oxygen atoms in total. The van der Waals surface area contributed by atoms with E-state index in [0.29, 0.717) is 11.4 Å². The van der Waals surface area contributed by atoms with Gasteiger partial charge in [-0.15, -0.1) is 0 Å². The van der Waals surface area contributed by atoms with Crippen LogP contribution in [-0.2, 0) is 16.2 Å². The van der Waals surface area contributed by atoms with E-state index < -0.39 is 21.8 Å². The molecule has 3 aromatic rings. The first-order chi connectivity index (χ1) is 12.3. The van der Waals surface area contributed by atoms with Crippen LogP contribution in [0.25, 0.3) is 11.4 Å². The minimum absolute atomic E-state index is 0.202. The van der Waals surface area contributed by atoms with Crippen molar-refractivity contribution in [2.24, 2.45) is 0 Å². The molecule has 3 rings (SSSR count). The van der Waals surface area contributed by atoms with Gasteiger partial charge in [0.2, 0.25) is 0 Å². The van der Waals surface area contributed by atoms with Crippen molar-refractivity contribution in [2.45, 2.75) is 11.1 Å². The van der Waals surface area contributed by atoms with Crippen LogP contribution in [0.15, 0.2) is 71.9 Å². The van der Waals surface area contributed by atoms with E-state index in [0.717, 1.165) is 30.6 Å². The molecule has 0 saturated heterocycles. The fraction of sp³-hybridized carbons (Fsp3) is 0.0588. The molecule has 9 heteroatoms. The summed E-state index contributed by atoms with van der Waals surface area (Å²) in [6, 6.07) is 12.9. The largest absolute Gasteiger partial charge is 0.416 e. The molecule has 2 aromatic carbocycles. The van der Waals surface area contributed by atoms with Gasteiger partial charge in [0.1, 0.15) is 4.90 Å². The molecule has 134 valence electrons. The van der Waals surface area contributed by atoms with Crippen LogP contribution in [0.1, 0.15) is 5.56 Å². The molecule has 1 aromatic heterocycles. The quantitative estimate of drug-likeness (QED) is 0.745. The molecule has 1 N–H and O–H groups in total. The molecule has 0 unspecified atom stereocenters. The van der Waals surface area contributed by atoms with Crippen molar-refractivity contribution >= 4 is 15.7 Å². The summed E-state index contributed by atoms with van der Waals surface area (Å²) in [5, 5.41) is 0. The van der Waals surface area contributed by atoms with E-state index in [-0.39, 0.29) is 10.6 Å². The third-order valence-electron chi connectivity index (χ3n) is 3.41. The van der Waals surface area contributed by atoms with Crippen LogP contribution in [0.5, 0.6) is 0 Å². The van der Waals surface area contributed by atoms with Crippen LogP contribution in [0.4, 0.5) is 18.9 Å². The highest BCUT2D eigenvalue weighted by molar-refractivity contribution is 7.92. The van der Waals surface area contributed by atoms with Crippen molar-refractivity contribution in [1.82, 2.24) is 9.97 Å². The van der Waals surface area contributed by atoms with Crippen LogP contribution in [0.2, 0.25) is 0 Å². The van der Waals surface area contributed by atoms with Crippen molar-refractivity contribution in [3.63, 3.8) is 0 Å². The van der Waals surface area contributed by atoms with Gasteiger partial charge in [-0.2, -0.15) is 13.2 Å². The minimum atomic E-state index is -4.57. The number of alkyl halides is 3. The van der Waals surface area contributed by atoms with Crippen molar-refractivity contribution in [3.8, 4) is 11.4 Å². The number of benzene rings is 2. The highest BCUT2D eigenvalue weighted by Gasteiger charge is 2.30. The third-order valence-corrected chi connectivity index (χ3v) is 4.75. The fourth-order valence-corrected chi connectivity index (χ4v) is 3.10. The molecular formula is C17H12F3N3O2S.